The van der Waals surface area contributed by atoms with Crippen molar-refractivity contribution >= 4 is 17.7 Å². The first kappa shape index (κ1) is 18.8. The zero-order chi connectivity index (χ0) is 19.4. The number of carbonyl (C=O) groups excluding carboxylic acids is 1. The zero-order valence-electron chi connectivity index (χ0n) is 16.1. The van der Waals surface area contributed by atoms with E-state index in [0.717, 1.165) is 11.3 Å². The van der Waals surface area contributed by atoms with Gasteiger partial charge in [-0.05, 0) is 68.7 Å². The summed E-state index contributed by atoms with van der Waals surface area (Å²) in [6.45, 7) is 4.15. The minimum atomic E-state index is -0.409. The van der Waals surface area contributed by atoms with E-state index in [2.05, 4.69) is 29.8 Å². The maximum atomic E-state index is 12.5. The van der Waals surface area contributed by atoms with Crippen LogP contribution in [-0.4, -0.2) is 17.6 Å². The summed E-state index contributed by atoms with van der Waals surface area (Å²) in [7, 11) is 1.59. The molecular formula is C22H25N3O2. The number of hydrogen-bond acceptors (Lipinski definition) is 3. The second-order valence-corrected chi connectivity index (χ2v) is 6.99. The quantitative estimate of drug-likeness (QED) is 0.614. The average molecular weight is 363 g/mol. The third kappa shape index (κ3) is 4.06. The molecule has 0 saturated heterocycles. The van der Waals surface area contributed by atoms with Crippen molar-refractivity contribution in [1.29, 1.82) is 5.26 Å². The maximum Gasteiger partial charge on any atom is 0.266 e. The van der Waals surface area contributed by atoms with Gasteiger partial charge in [-0.15, -0.1) is 0 Å². The lowest BCUT2D eigenvalue weighted by molar-refractivity contribution is -0.112. The molecule has 0 unspecified atom stereocenters. The highest BCUT2D eigenvalue weighted by molar-refractivity contribution is 6.09. The Morgan fingerprint density at radius 2 is 1.93 bits per heavy atom. The maximum absolute atomic E-state index is 12.5. The Morgan fingerprint density at radius 1 is 1.26 bits per heavy atom. The molecule has 0 radical (unpaired) electrons. The molecule has 1 aliphatic carbocycles. The van der Waals surface area contributed by atoms with Crippen LogP contribution in [0.4, 0.5) is 5.69 Å². The Balaban J connectivity index is 1.82. The van der Waals surface area contributed by atoms with Crippen LogP contribution in [0.25, 0.3) is 6.08 Å². The Kier molecular flexibility index (Phi) is 5.66. The van der Waals surface area contributed by atoms with Crippen LogP contribution in [0.15, 0.2) is 35.9 Å². The first-order valence-electron chi connectivity index (χ1n) is 9.29. The number of nitriles is 1. The van der Waals surface area contributed by atoms with E-state index in [1.165, 1.54) is 31.4 Å². The van der Waals surface area contributed by atoms with E-state index in [1.807, 2.05) is 6.07 Å². The predicted octanol–water partition coefficient (Wildman–Crippen LogP) is 4.77. The lowest BCUT2D eigenvalue weighted by atomic mass is 10.1. The van der Waals surface area contributed by atoms with Gasteiger partial charge >= 0.3 is 0 Å². The minimum Gasteiger partial charge on any atom is -0.497 e. The molecule has 1 fully saturated rings. The summed E-state index contributed by atoms with van der Waals surface area (Å²) in [6, 6.07) is 11.7. The Bertz CT molecular complexity index is 895. The SMILES string of the molecule is COc1ccc(NC(=O)/C(C#N)=C\c2cc(C)n(C3CCCC3)c2C)cc1. The predicted molar refractivity (Wildman–Crippen MR) is 107 cm³/mol. The number of anilines is 1. The number of amides is 1. The zero-order valence-corrected chi connectivity index (χ0v) is 16.1. The van der Waals surface area contributed by atoms with Gasteiger partial charge < -0.3 is 14.6 Å². The first-order valence-corrected chi connectivity index (χ1v) is 9.29. The van der Waals surface area contributed by atoms with Gasteiger partial charge in [-0.2, -0.15) is 5.26 Å². The van der Waals surface area contributed by atoms with E-state index in [1.54, 1.807) is 37.5 Å². The third-order valence-electron chi connectivity index (χ3n) is 5.23. The van der Waals surface area contributed by atoms with Crippen molar-refractivity contribution in [2.75, 3.05) is 12.4 Å². The largest absolute Gasteiger partial charge is 0.497 e. The number of carbonyl (C=O) groups is 1. The molecule has 5 nitrogen and oxygen atoms in total. The van der Waals surface area contributed by atoms with Crippen molar-refractivity contribution in [1.82, 2.24) is 4.57 Å². The normalized spacial score (nSPS) is 14.8. The number of nitrogens with one attached hydrogen (secondary N) is 1. The molecule has 0 spiro atoms. The van der Waals surface area contributed by atoms with Crippen molar-refractivity contribution in [2.45, 2.75) is 45.6 Å². The van der Waals surface area contributed by atoms with Crippen molar-refractivity contribution in [3.05, 3.63) is 52.9 Å². The lowest BCUT2D eigenvalue weighted by Gasteiger charge is -2.17. The number of hydrogen-bond donors (Lipinski definition) is 1. The fraction of sp³-hybridized carbons (Fsp3) is 0.364. The van der Waals surface area contributed by atoms with Gasteiger partial charge in [0.15, 0.2) is 0 Å². The van der Waals surface area contributed by atoms with E-state index in [4.69, 9.17) is 4.74 Å². The number of rotatable bonds is 5. The molecule has 0 aliphatic heterocycles. The highest BCUT2D eigenvalue weighted by atomic mass is 16.5. The van der Waals surface area contributed by atoms with E-state index in [0.29, 0.717) is 17.5 Å². The molecule has 1 aromatic carbocycles. The number of benzene rings is 1. The van der Waals surface area contributed by atoms with Gasteiger partial charge in [0.25, 0.3) is 5.91 Å². The summed E-state index contributed by atoms with van der Waals surface area (Å²) in [6.07, 6.45) is 6.61. The highest BCUT2D eigenvalue weighted by Crippen LogP contribution is 2.33. The molecule has 1 amide bonds. The number of aryl methyl sites for hydroxylation is 1. The van der Waals surface area contributed by atoms with Gasteiger partial charge in [0, 0.05) is 23.1 Å². The van der Waals surface area contributed by atoms with Crippen molar-refractivity contribution in [3.63, 3.8) is 0 Å². The molecule has 3 rings (SSSR count). The Labute approximate surface area is 160 Å². The lowest BCUT2D eigenvalue weighted by Crippen LogP contribution is -2.13. The van der Waals surface area contributed by atoms with E-state index >= 15 is 0 Å². The fourth-order valence-electron chi connectivity index (χ4n) is 3.85. The van der Waals surface area contributed by atoms with Crippen LogP contribution >= 0.6 is 0 Å². The summed E-state index contributed by atoms with van der Waals surface area (Å²) in [5.74, 6) is 0.303. The second-order valence-electron chi connectivity index (χ2n) is 6.99. The number of methoxy groups -OCH3 is 1. The molecule has 0 atom stereocenters. The van der Waals surface area contributed by atoms with Crippen molar-refractivity contribution in [2.24, 2.45) is 0 Å². The molecule has 1 saturated carbocycles. The summed E-state index contributed by atoms with van der Waals surface area (Å²) >= 11 is 0. The molecule has 1 N–H and O–H groups in total. The van der Waals surface area contributed by atoms with Crippen LogP contribution < -0.4 is 10.1 Å². The summed E-state index contributed by atoms with van der Waals surface area (Å²) in [5, 5.41) is 12.3. The standard InChI is InChI=1S/C22H25N3O2/c1-15-12-17(16(2)25(15)20-6-4-5-7-20)13-18(14-23)22(26)24-19-8-10-21(27-3)11-9-19/h8-13,20H,4-7H2,1-3H3,(H,24,26)/b18-13-. The second kappa shape index (κ2) is 8.13. The van der Waals surface area contributed by atoms with Crippen LogP contribution in [0, 0.1) is 25.2 Å². The van der Waals surface area contributed by atoms with Crippen LogP contribution in [-0.2, 0) is 4.79 Å². The minimum absolute atomic E-state index is 0.0949. The molecule has 1 aromatic heterocycles. The van der Waals surface area contributed by atoms with Crippen LogP contribution in [0.5, 0.6) is 5.75 Å². The van der Waals surface area contributed by atoms with E-state index < -0.39 is 5.91 Å². The molecule has 140 valence electrons. The summed E-state index contributed by atoms with van der Waals surface area (Å²) in [4.78, 5) is 12.5. The topological polar surface area (TPSA) is 67.0 Å². The molecule has 1 heterocycles. The van der Waals surface area contributed by atoms with E-state index in [9.17, 15) is 10.1 Å². The third-order valence-corrected chi connectivity index (χ3v) is 5.23. The van der Waals surface area contributed by atoms with Crippen molar-refractivity contribution in [3.8, 4) is 11.8 Å². The highest BCUT2D eigenvalue weighted by Gasteiger charge is 2.21. The first-order chi connectivity index (χ1) is 13.0. The number of aromatic nitrogens is 1. The van der Waals surface area contributed by atoms with Gasteiger partial charge in [0.1, 0.15) is 17.4 Å². The van der Waals surface area contributed by atoms with Gasteiger partial charge in [-0.3, -0.25) is 4.79 Å². The molecule has 0 bridgehead atoms. The van der Waals surface area contributed by atoms with Crippen LogP contribution in [0.2, 0.25) is 0 Å². The molecule has 2 aromatic rings. The van der Waals surface area contributed by atoms with Gasteiger partial charge in [-0.25, -0.2) is 0 Å². The van der Waals surface area contributed by atoms with Crippen LogP contribution in [0.1, 0.15) is 48.7 Å². The number of nitrogens with zero attached hydrogens (tertiary/aromatic N) is 2. The summed E-state index contributed by atoms with van der Waals surface area (Å²) < 4.78 is 7.47. The fourth-order valence-corrected chi connectivity index (χ4v) is 3.85. The molecule has 5 heteroatoms. The Hall–Kier alpha value is -3.00. The van der Waals surface area contributed by atoms with Crippen molar-refractivity contribution < 1.29 is 9.53 Å². The van der Waals surface area contributed by atoms with Gasteiger partial charge in [-0.1, -0.05) is 12.8 Å². The van der Waals surface area contributed by atoms with Crippen LogP contribution in [0.3, 0.4) is 0 Å². The molecular weight excluding hydrogens is 338 g/mol. The summed E-state index contributed by atoms with van der Waals surface area (Å²) in [5.41, 5.74) is 3.94. The number of ether oxygens (including phenoxy) is 1. The monoisotopic (exact) mass is 363 g/mol. The smallest absolute Gasteiger partial charge is 0.266 e. The molecule has 1 aliphatic rings. The Morgan fingerprint density at radius 3 is 2.52 bits per heavy atom. The van der Waals surface area contributed by atoms with Gasteiger partial charge in [0.2, 0.25) is 0 Å². The average Bonchev–Trinajstić information content (AvgIpc) is 3.28. The molecule has 27 heavy (non-hydrogen) atoms. The van der Waals surface area contributed by atoms with Gasteiger partial charge in [0.05, 0.1) is 7.11 Å². The van der Waals surface area contributed by atoms with E-state index in [-0.39, 0.29) is 5.57 Å².